The largest absolute Gasteiger partial charge is 0.351 e. The molecule has 20 heavy (non-hydrogen) atoms. The maximum Gasteiger partial charge on any atom is 0.220 e. The lowest BCUT2D eigenvalue weighted by Gasteiger charge is -2.14. The number of nitrogens with one attached hydrogen (secondary N) is 1. The van der Waals surface area contributed by atoms with Crippen LogP contribution in [-0.2, 0) is 21.1 Å². The predicted octanol–water partition coefficient (Wildman–Crippen LogP) is 1.53. The lowest BCUT2D eigenvalue weighted by Crippen LogP contribution is -2.40. The fourth-order valence-electron chi connectivity index (χ4n) is 2.31. The second-order valence-corrected chi connectivity index (χ2v) is 7.82. The highest BCUT2D eigenvalue weighted by Crippen LogP contribution is 2.18. The average molecular weight is 316 g/mol. The van der Waals surface area contributed by atoms with Gasteiger partial charge in [-0.15, -0.1) is 11.6 Å². The third-order valence-corrected chi connectivity index (χ3v) is 5.72. The van der Waals surface area contributed by atoms with Crippen molar-refractivity contribution in [1.29, 1.82) is 0 Å². The Labute approximate surface area is 124 Å². The topological polar surface area (TPSA) is 63.2 Å². The molecule has 1 fully saturated rings. The molecule has 1 heterocycles. The quantitative estimate of drug-likeness (QED) is 0.838. The Kier molecular flexibility index (Phi) is 5.05. The van der Waals surface area contributed by atoms with E-state index in [0.29, 0.717) is 6.42 Å². The minimum Gasteiger partial charge on any atom is -0.351 e. The zero-order valence-corrected chi connectivity index (χ0v) is 12.7. The van der Waals surface area contributed by atoms with E-state index < -0.39 is 21.3 Å². The third kappa shape index (κ3) is 4.49. The van der Waals surface area contributed by atoms with E-state index in [1.807, 2.05) is 30.3 Å². The van der Waals surface area contributed by atoms with Crippen LogP contribution in [0, 0.1) is 0 Å². The first-order chi connectivity index (χ1) is 9.46. The standard InChI is InChI=1S/C14H18ClNO3S/c15-12-9-20(18,19)10-13(12)16-14(17)8-4-7-11-5-2-1-3-6-11/h1-3,5-6,12-13H,4,7-10H2,(H,16,17)/t12-,13-/m0/s1. The lowest BCUT2D eigenvalue weighted by atomic mass is 10.1. The Morgan fingerprint density at radius 3 is 2.55 bits per heavy atom. The van der Waals surface area contributed by atoms with Crippen LogP contribution in [0.3, 0.4) is 0 Å². The first-order valence-electron chi connectivity index (χ1n) is 6.64. The Morgan fingerprint density at radius 1 is 1.25 bits per heavy atom. The van der Waals surface area contributed by atoms with Gasteiger partial charge < -0.3 is 5.32 Å². The molecule has 1 N–H and O–H groups in total. The number of halogens is 1. The summed E-state index contributed by atoms with van der Waals surface area (Å²) in [4.78, 5) is 11.8. The average Bonchev–Trinajstić information content (AvgIpc) is 2.63. The van der Waals surface area contributed by atoms with Crippen molar-refractivity contribution >= 4 is 27.3 Å². The van der Waals surface area contributed by atoms with Gasteiger partial charge in [0, 0.05) is 6.42 Å². The zero-order valence-electron chi connectivity index (χ0n) is 11.1. The summed E-state index contributed by atoms with van der Waals surface area (Å²) in [6, 6.07) is 9.49. The van der Waals surface area contributed by atoms with Crippen LogP contribution in [0.5, 0.6) is 0 Å². The number of amides is 1. The first-order valence-corrected chi connectivity index (χ1v) is 8.90. The van der Waals surface area contributed by atoms with Crippen molar-refractivity contribution in [2.45, 2.75) is 30.7 Å². The molecule has 1 aromatic carbocycles. The number of sulfone groups is 1. The van der Waals surface area contributed by atoms with Crippen LogP contribution in [0.25, 0.3) is 0 Å². The molecule has 2 rings (SSSR count). The summed E-state index contributed by atoms with van der Waals surface area (Å²) in [5, 5.41) is 2.20. The first kappa shape index (κ1) is 15.3. The number of benzene rings is 1. The summed E-state index contributed by atoms with van der Waals surface area (Å²) >= 11 is 5.94. The van der Waals surface area contributed by atoms with E-state index in [9.17, 15) is 13.2 Å². The maximum absolute atomic E-state index is 11.8. The molecular formula is C14H18ClNO3S. The number of hydrogen-bond acceptors (Lipinski definition) is 3. The Morgan fingerprint density at radius 2 is 1.95 bits per heavy atom. The van der Waals surface area contributed by atoms with Gasteiger partial charge in [-0.3, -0.25) is 4.79 Å². The predicted molar refractivity (Wildman–Crippen MR) is 79.6 cm³/mol. The molecule has 1 aromatic rings. The summed E-state index contributed by atoms with van der Waals surface area (Å²) in [6.07, 6.45) is 1.96. The number of carbonyl (C=O) groups is 1. The highest BCUT2D eigenvalue weighted by Gasteiger charge is 2.37. The van der Waals surface area contributed by atoms with Crippen LogP contribution < -0.4 is 5.32 Å². The van der Waals surface area contributed by atoms with Crippen LogP contribution >= 0.6 is 11.6 Å². The monoisotopic (exact) mass is 315 g/mol. The van der Waals surface area contributed by atoms with E-state index in [0.717, 1.165) is 12.8 Å². The van der Waals surface area contributed by atoms with Crippen molar-refractivity contribution in [2.24, 2.45) is 0 Å². The van der Waals surface area contributed by atoms with Gasteiger partial charge in [0.1, 0.15) is 0 Å². The number of alkyl halides is 1. The lowest BCUT2D eigenvalue weighted by molar-refractivity contribution is -0.121. The summed E-state index contributed by atoms with van der Waals surface area (Å²) in [5.74, 6) is -0.233. The van der Waals surface area contributed by atoms with Crippen LogP contribution in [0.2, 0.25) is 0 Å². The molecule has 110 valence electrons. The molecule has 1 aliphatic heterocycles. The van der Waals surface area contributed by atoms with Crippen molar-refractivity contribution in [1.82, 2.24) is 5.32 Å². The van der Waals surface area contributed by atoms with E-state index in [2.05, 4.69) is 5.32 Å². The van der Waals surface area contributed by atoms with Gasteiger partial charge in [0.05, 0.1) is 22.9 Å². The van der Waals surface area contributed by atoms with Gasteiger partial charge in [-0.25, -0.2) is 8.42 Å². The van der Waals surface area contributed by atoms with Crippen molar-refractivity contribution in [2.75, 3.05) is 11.5 Å². The van der Waals surface area contributed by atoms with E-state index >= 15 is 0 Å². The third-order valence-electron chi connectivity index (χ3n) is 3.34. The van der Waals surface area contributed by atoms with Gasteiger partial charge in [-0.05, 0) is 18.4 Å². The summed E-state index contributed by atoms with van der Waals surface area (Å²) < 4.78 is 22.8. The van der Waals surface area contributed by atoms with E-state index in [-0.39, 0.29) is 17.4 Å². The van der Waals surface area contributed by atoms with Gasteiger partial charge in [0.2, 0.25) is 5.91 Å². The van der Waals surface area contributed by atoms with E-state index in [1.54, 1.807) is 0 Å². The maximum atomic E-state index is 11.8. The normalized spacial score (nSPS) is 24.4. The second-order valence-electron chi connectivity index (χ2n) is 5.11. The van der Waals surface area contributed by atoms with Gasteiger partial charge in [0.15, 0.2) is 9.84 Å². The van der Waals surface area contributed by atoms with Gasteiger partial charge >= 0.3 is 0 Å². The van der Waals surface area contributed by atoms with E-state index in [4.69, 9.17) is 11.6 Å². The summed E-state index contributed by atoms with van der Waals surface area (Å²) in [5.41, 5.74) is 1.19. The van der Waals surface area contributed by atoms with Crippen LogP contribution in [-0.4, -0.2) is 37.2 Å². The molecule has 1 saturated heterocycles. The Bertz CT molecular complexity index is 559. The second kappa shape index (κ2) is 6.59. The molecule has 0 radical (unpaired) electrons. The van der Waals surface area contributed by atoms with Crippen molar-refractivity contribution in [3.63, 3.8) is 0 Å². The highest BCUT2D eigenvalue weighted by atomic mass is 35.5. The number of rotatable bonds is 5. The minimum atomic E-state index is -3.10. The minimum absolute atomic E-state index is 0.0500. The van der Waals surface area contributed by atoms with Gasteiger partial charge in [-0.2, -0.15) is 0 Å². The van der Waals surface area contributed by atoms with E-state index in [1.165, 1.54) is 5.56 Å². The molecule has 0 aromatic heterocycles. The Balaban J connectivity index is 1.73. The molecule has 2 atom stereocenters. The molecule has 4 nitrogen and oxygen atoms in total. The molecule has 0 saturated carbocycles. The Hall–Kier alpha value is -1.07. The summed E-state index contributed by atoms with van der Waals surface area (Å²) in [7, 11) is -3.10. The molecule has 1 amide bonds. The number of carbonyl (C=O) groups excluding carboxylic acids is 1. The zero-order chi connectivity index (χ0) is 14.6. The smallest absolute Gasteiger partial charge is 0.220 e. The van der Waals surface area contributed by atoms with Gasteiger partial charge in [0.25, 0.3) is 0 Å². The molecular weight excluding hydrogens is 298 g/mol. The van der Waals surface area contributed by atoms with Crippen LogP contribution in [0.4, 0.5) is 0 Å². The molecule has 1 aliphatic rings. The van der Waals surface area contributed by atoms with Crippen molar-refractivity contribution < 1.29 is 13.2 Å². The fraction of sp³-hybridized carbons (Fsp3) is 0.500. The van der Waals surface area contributed by atoms with Crippen LogP contribution in [0.1, 0.15) is 18.4 Å². The fourth-order valence-corrected chi connectivity index (χ4v) is 4.86. The molecule has 6 heteroatoms. The molecule has 0 bridgehead atoms. The van der Waals surface area contributed by atoms with Crippen LogP contribution in [0.15, 0.2) is 30.3 Å². The SMILES string of the molecule is O=C(CCCc1ccccc1)N[C@H]1CS(=O)(=O)C[C@@H]1Cl. The van der Waals surface area contributed by atoms with Crippen molar-refractivity contribution in [3.05, 3.63) is 35.9 Å². The van der Waals surface area contributed by atoms with Gasteiger partial charge in [-0.1, -0.05) is 30.3 Å². The van der Waals surface area contributed by atoms with Crippen molar-refractivity contribution in [3.8, 4) is 0 Å². The molecule has 0 spiro atoms. The number of hydrogen-bond donors (Lipinski definition) is 1. The molecule has 0 unspecified atom stereocenters. The summed E-state index contributed by atoms with van der Waals surface area (Å²) in [6.45, 7) is 0. The number of aryl methyl sites for hydroxylation is 1. The highest BCUT2D eigenvalue weighted by molar-refractivity contribution is 7.91. The molecule has 0 aliphatic carbocycles.